The quantitative estimate of drug-likeness (QED) is 0.203. The minimum Gasteiger partial charge on any atom is -0.0616 e. The molecule has 0 amide bonds. The summed E-state index contributed by atoms with van der Waals surface area (Å²) in [6.07, 6.45) is 0. The zero-order chi connectivity index (χ0) is 23.4. The van der Waals surface area contributed by atoms with E-state index in [4.69, 9.17) is 0 Å². The van der Waals surface area contributed by atoms with E-state index in [0.717, 1.165) is 4.47 Å². The third-order valence-corrected chi connectivity index (χ3v) is 7.99. The van der Waals surface area contributed by atoms with Gasteiger partial charge in [-0.25, -0.2) is 0 Å². The molecule has 0 saturated carbocycles. The van der Waals surface area contributed by atoms with Crippen molar-refractivity contribution in [1.29, 1.82) is 0 Å². The Balaban J connectivity index is 1.60. The molecule has 1 heteroatoms. The molecule has 0 atom stereocenters. The first-order valence-corrected chi connectivity index (χ1v) is 12.7. The molecule has 0 aliphatic heterocycles. The molecule has 0 fully saturated rings. The minimum absolute atomic E-state index is 1.15. The van der Waals surface area contributed by atoms with Crippen LogP contribution in [0.15, 0.2) is 132 Å². The second-order valence-corrected chi connectivity index (χ2v) is 9.84. The predicted octanol–water partition coefficient (Wildman–Crippen LogP) is 10.4. The summed E-state index contributed by atoms with van der Waals surface area (Å²) in [5.74, 6) is 0. The Bertz CT molecular complexity index is 1760. The van der Waals surface area contributed by atoms with Gasteiger partial charge >= 0.3 is 0 Å². The monoisotopic (exact) mass is 508 g/mol. The molecule has 35 heavy (non-hydrogen) atoms. The number of benzene rings is 7. The fraction of sp³-hybridized carbons (Fsp3) is 0. The van der Waals surface area contributed by atoms with Gasteiger partial charge in [-0.15, -0.1) is 0 Å². The van der Waals surface area contributed by atoms with Crippen LogP contribution in [-0.4, -0.2) is 0 Å². The SMILES string of the molecule is Brc1c2cccc(-c3cccc4ccccc34)c2cc2c(-c3cccc4ccccc34)cccc12. The fourth-order valence-electron chi connectivity index (χ4n) is 5.50. The average Bonchev–Trinajstić information content (AvgIpc) is 2.92. The number of halogens is 1. The Morgan fingerprint density at radius 1 is 0.314 bits per heavy atom. The van der Waals surface area contributed by atoms with Crippen molar-refractivity contribution < 1.29 is 0 Å². The van der Waals surface area contributed by atoms with Crippen molar-refractivity contribution in [3.63, 3.8) is 0 Å². The van der Waals surface area contributed by atoms with E-state index in [-0.39, 0.29) is 0 Å². The van der Waals surface area contributed by atoms with Gasteiger partial charge in [0.15, 0.2) is 0 Å². The third kappa shape index (κ3) is 3.20. The van der Waals surface area contributed by atoms with Crippen LogP contribution in [0.4, 0.5) is 0 Å². The van der Waals surface area contributed by atoms with Crippen molar-refractivity contribution in [3.8, 4) is 22.3 Å². The van der Waals surface area contributed by atoms with E-state index in [1.165, 1.54) is 65.3 Å². The first kappa shape index (κ1) is 20.4. The van der Waals surface area contributed by atoms with Crippen molar-refractivity contribution in [2.45, 2.75) is 0 Å². The number of fused-ring (bicyclic) bond motifs is 4. The van der Waals surface area contributed by atoms with E-state index in [1.54, 1.807) is 0 Å². The molecule has 0 aromatic heterocycles. The van der Waals surface area contributed by atoms with E-state index in [2.05, 4.69) is 143 Å². The van der Waals surface area contributed by atoms with Crippen LogP contribution in [0, 0.1) is 0 Å². The molecule has 0 bridgehead atoms. The Labute approximate surface area is 212 Å². The van der Waals surface area contributed by atoms with E-state index >= 15 is 0 Å². The molecule has 164 valence electrons. The summed E-state index contributed by atoms with van der Waals surface area (Å²) in [5, 5.41) is 10.1. The topological polar surface area (TPSA) is 0 Å². The lowest BCUT2D eigenvalue weighted by molar-refractivity contribution is 1.67. The average molecular weight is 509 g/mol. The second kappa shape index (κ2) is 8.08. The number of hydrogen-bond donors (Lipinski definition) is 0. The Morgan fingerprint density at radius 3 is 1.14 bits per heavy atom. The van der Waals surface area contributed by atoms with Crippen LogP contribution < -0.4 is 0 Å². The standard InChI is InChI=1S/C34H21Br/c35-34-30-19-7-17-28(26-15-5-11-22-9-1-3-13-24(22)26)32(30)21-33-29(18-8-20-31(33)34)27-16-6-12-23-10-2-4-14-25(23)27/h1-21H. The molecule has 7 rings (SSSR count). The van der Waals surface area contributed by atoms with Gasteiger partial charge in [0, 0.05) is 4.47 Å². The molecular formula is C34H21Br. The molecule has 0 N–H and O–H groups in total. The highest BCUT2D eigenvalue weighted by Crippen LogP contribution is 2.43. The molecule has 0 aliphatic rings. The molecule has 7 aromatic rings. The highest BCUT2D eigenvalue weighted by Gasteiger charge is 2.15. The fourth-order valence-corrected chi connectivity index (χ4v) is 6.20. The summed E-state index contributed by atoms with van der Waals surface area (Å²) in [6, 6.07) is 46.2. The van der Waals surface area contributed by atoms with Gasteiger partial charge in [0.2, 0.25) is 0 Å². The van der Waals surface area contributed by atoms with Crippen LogP contribution in [0.5, 0.6) is 0 Å². The summed E-state index contributed by atoms with van der Waals surface area (Å²) in [7, 11) is 0. The largest absolute Gasteiger partial charge is 0.0616 e. The first-order chi connectivity index (χ1) is 17.3. The van der Waals surface area contributed by atoms with E-state index < -0.39 is 0 Å². The molecular weight excluding hydrogens is 488 g/mol. The summed E-state index contributed by atoms with van der Waals surface area (Å²) in [6.45, 7) is 0. The highest BCUT2D eigenvalue weighted by atomic mass is 79.9. The molecule has 0 spiro atoms. The van der Waals surface area contributed by atoms with Crippen molar-refractivity contribution >= 4 is 59.0 Å². The zero-order valence-electron chi connectivity index (χ0n) is 19.0. The van der Waals surface area contributed by atoms with E-state index in [9.17, 15) is 0 Å². The molecule has 0 heterocycles. The van der Waals surface area contributed by atoms with E-state index in [0.29, 0.717) is 0 Å². The lowest BCUT2D eigenvalue weighted by Crippen LogP contribution is -1.89. The molecule has 7 aromatic carbocycles. The van der Waals surface area contributed by atoms with Gasteiger partial charge in [0.1, 0.15) is 0 Å². The van der Waals surface area contributed by atoms with Crippen LogP contribution in [0.25, 0.3) is 65.3 Å². The summed E-state index contributed by atoms with van der Waals surface area (Å²) >= 11 is 4.00. The number of hydrogen-bond acceptors (Lipinski definition) is 0. The molecule has 0 aliphatic carbocycles. The van der Waals surface area contributed by atoms with Gasteiger partial charge < -0.3 is 0 Å². The minimum atomic E-state index is 1.15. The Hall–Kier alpha value is -3.94. The summed E-state index contributed by atoms with van der Waals surface area (Å²) in [4.78, 5) is 0. The maximum Gasteiger partial charge on any atom is 0.0332 e. The van der Waals surface area contributed by atoms with Crippen LogP contribution in [0.3, 0.4) is 0 Å². The van der Waals surface area contributed by atoms with Crippen LogP contribution in [0.1, 0.15) is 0 Å². The normalized spacial score (nSPS) is 11.6. The van der Waals surface area contributed by atoms with Gasteiger partial charge in [-0.1, -0.05) is 121 Å². The van der Waals surface area contributed by atoms with Gasteiger partial charge in [0.25, 0.3) is 0 Å². The van der Waals surface area contributed by atoms with Crippen molar-refractivity contribution in [2.24, 2.45) is 0 Å². The number of rotatable bonds is 2. The molecule has 0 unspecified atom stereocenters. The summed E-state index contributed by atoms with van der Waals surface area (Å²) < 4.78 is 1.15. The van der Waals surface area contributed by atoms with Crippen LogP contribution in [-0.2, 0) is 0 Å². The van der Waals surface area contributed by atoms with Gasteiger partial charge in [0.05, 0.1) is 0 Å². The smallest absolute Gasteiger partial charge is 0.0332 e. The maximum atomic E-state index is 4.00. The van der Waals surface area contributed by atoms with Crippen LogP contribution in [0.2, 0.25) is 0 Å². The van der Waals surface area contributed by atoms with Gasteiger partial charge in [-0.2, -0.15) is 0 Å². The van der Waals surface area contributed by atoms with Crippen molar-refractivity contribution in [1.82, 2.24) is 0 Å². The lowest BCUT2D eigenvalue weighted by Gasteiger charge is -2.16. The zero-order valence-corrected chi connectivity index (χ0v) is 20.6. The summed E-state index contributed by atoms with van der Waals surface area (Å²) in [5.41, 5.74) is 5.05. The predicted molar refractivity (Wildman–Crippen MR) is 155 cm³/mol. The van der Waals surface area contributed by atoms with Gasteiger partial charge in [-0.3, -0.25) is 0 Å². The van der Waals surface area contributed by atoms with Crippen molar-refractivity contribution in [2.75, 3.05) is 0 Å². The Morgan fingerprint density at radius 2 is 0.657 bits per heavy atom. The van der Waals surface area contributed by atoms with Gasteiger partial charge in [-0.05, 0) is 87.3 Å². The molecule has 0 nitrogen and oxygen atoms in total. The molecule has 0 saturated heterocycles. The first-order valence-electron chi connectivity index (χ1n) is 11.9. The highest BCUT2D eigenvalue weighted by molar-refractivity contribution is 9.10. The molecule has 0 radical (unpaired) electrons. The maximum absolute atomic E-state index is 4.00. The Kier molecular flexibility index (Phi) is 4.72. The third-order valence-electron chi connectivity index (χ3n) is 7.13. The van der Waals surface area contributed by atoms with E-state index in [1.807, 2.05) is 0 Å². The second-order valence-electron chi connectivity index (χ2n) is 9.05. The van der Waals surface area contributed by atoms with Crippen LogP contribution >= 0.6 is 15.9 Å². The lowest BCUT2D eigenvalue weighted by atomic mass is 9.89. The van der Waals surface area contributed by atoms with Crippen molar-refractivity contribution in [3.05, 3.63) is 132 Å².